The van der Waals surface area contributed by atoms with Crippen molar-refractivity contribution in [3.8, 4) is 5.75 Å². The van der Waals surface area contributed by atoms with E-state index in [0.717, 1.165) is 24.9 Å². The number of phenols is 1. The minimum Gasteiger partial charge on any atom is -0.508 e. The summed E-state index contributed by atoms with van der Waals surface area (Å²) in [6.45, 7) is 3.34. The van der Waals surface area contributed by atoms with Crippen LogP contribution >= 0.6 is 0 Å². The predicted octanol–water partition coefficient (Wildman–Crippen LogP) is 3.88. The molecule has 0 bridgehead atoms. The Morgan fingerprint density at radius 1 is 1.11 bits per heavy atom. The Labute approximate surface area is 117 Å². The van der Waals surface area contributed by atoms with Crippen LogP contribution in [0.15, 0.2) is 24.3 Å². The molecule has 0 aliphatic heterocycles. The second kappa shape index (κ2) is 7.54. The summed E-state index contributed by atoms with van der Waals surface area (Å²) in [6, 6.07) is 8.28. The number of hydrogen-bond acceptors (Lipinski definition) is 2. The fourth-order valence-electron chi connectivity index (χ4n) is 3.15. The quantitative estimate of drug-likeness (QED) is 0.814. The van der Waals surface area contributed by atoms with Gasteiger partial charge in [0.15, 0.2) is 0 Å². The molecule has 0 atom stereocenters. The maximum Gasteiger partial charge on any atom is 0.115 e. The van der Waals surface area contributed by atoms with Gasteiger partial charge >= 0.3 is 0 Å². The van der Waals surface area contributed by atoms with Crippen LogP contribution in [-0.2, 0) is 6.42 Å². The summed E-state index contributed by atoms with van der Waals surface area (Å²) >= 11 is 0. The Kier molecular flexibility index (Phi) is 5.71. The van der Waals surface area contributed by atoms with Crippen molar-refractivity contribution in [2.24, 2.45) is 5.92 Å². The summed E-state index contributed by atoms with van der Waals surface area (Å²) in [5.74, 6) is 1.34. The van der Waals surface area contributed by atoms with Crippen molar-refractivity contribution in [1.82, 2.24) is 5.32 Å². The molecule has 0 heterocycles. The van der Waals surface area contributed by atoms with Gasteiger partial charge in [0.25, 0.3) is 0 Å². The van der Waals surface area contributed by atoms with E-state index < -0.39 is 0 Å². The zero-order valence-corrected chi connectivity index (χ0v) is 12.1. The van der Waals surface area contributed by atoms with Crippen LogP contribution in [0.5, 0.6) is 5.75 Å². The lowest BCUT2D eigenvalue weighted by Crippen LogP contribution is -2.34. The summed E-state index contributed by atoms with van der Waals surface area (Å²) in [4.78, 5) is 0. The molecule has 1 aromatic carbocycles. The third kappa shape index (κ3) is 4.87. The minimum absolute atomic E-state index is 0.353. The molecule has 0 spiro atoms. The minimum atomic E-state index is 0.353. The third-order valence-corrected chi connectivity index (χ3v) is 4.33. The molecule has 1 aliphatic rings. The average Bonchev–Trinajstić information content (AvgIpc) is 2.43. The number of phenolic OH excluding ortho intramolecular Hbond substituents is 1. The van der Waals surface area contributed by atoms with Gasteiger partial charge in [-0.1, -0.05) is 31.9 Å². The molecule has 2 nitrogen and oxygen atoms in total. The first-order chi connectivity index (χ1) is 9.28. The van der Waals surface area contributed by atoms with Gasteiger partial charge < -0.3 is 10.4 Å². The first-order valence-electron chi connectivity index (χ1n) is 7.79. The van der Waals surface area contributed by atoms with E-state index in [4.69, 9.17) is 0 Å². The van der Waals surface area contributed by atoms with Crippen molar-refractivity contribution < 1.29 is 5.11 Å². The third-order valence-electron chi connectivity index (χ3n) is 4.33. The Morgan fingerprint density at radius 3 is 2.42 bits per heavy atom. The van der Waals surface area contributed by atoms with Gasteiger partial charge in [0.1, 0.15) is 5.75 Å². The first-order valence-corrected chi connectivity index (χ1v) is 7.79. The van der Waals surface area contributed by atoms with Crippen LogP contribution in [0.3, 0.4) is 0 Å². The van der Waals surface area contributed by atoms with Crippen LogP contribution in [0.4, 0.5) is 0 Å². The fraction of sp³-hybridized carbons (Fsp3) is 0.647. The molecule has 2 heteroatoms. The Bertz CT molecular complexity index is 352. The molecule has 19 heavy (non-hydrogen) atoms. The smallest absolute Gasteiger partial charge is 0.115 e. The van der Waals surface area contributed by atoms with Crippen LogP contribution in [-0.4, -0.2) is 17.7 Å². The fourth-order valence-corrected chi connectivity index (χ4v) is 3.15. The maximum absolute atomic E-state index is 9.24. The van der Waals surface area contributed by atoms with Gasteiger partial charge in [-0.05, 0) is 62.3 Å². The molecule has 0 amide bonds. The summed E-state index contributed by atoms with van der Waals surface area (Å²) in [7, 11) is 0. The van der Waals surface area contributed by atoms with Gasteiger partial charge in [0.2, 0.25) is 0 Å². The van der Waals surface area contributed by atoms with Gasteiger partial charge in [-0.3, -0.25) is 0 Å². The second-order valence-corrected chi connectivity index (χ2v) is 5.88. The molecule has 0 aromatic heterocycles. The van der Waals surface area contributed by atoms with Crippen molar-refractivity contribution in [3.05, 3.63) is 29.8 Å². The van der Waals surface area contributed by atoms with Gasteiger partial charge in [-0.2, -0.15) is 0 Å². The molecular formula is C17H27NO. The van der Waals surface area contributed by atoms with E-state index in [2.05, 4.69) is 12.2 Å². The summed E-state index contributed by atoms with van der Waals surface area (Å²) < 4.78 is 0. The highest BCUT2D eigenvalue weighted by molar-refractivity contribution is 5.25. The van der Waals surface area contributed by atoms with Gasteiger partial charge in [0.05, 0.1) is 0 Å². The van der Waals surface area contributed by atoms with E-state index in [-0.39, 0.29) is 0 Å². The van der Waals surface area contributed by atoms with Crippen molar-refractivity contribution in [2.45, 2.75) is 57.9 Å². The van der Waals surface area contributed by atoms with E-state index in [1.807, 2.05) is 12.1 Å². The molecule has 0 unspecified atom stereocenters. The van der Waals surface area contributed by atoms with E-state index in [0.29, 0.717) is 5.75 Å². The molecule has 0 radical (unpaired) electrons. The Balaban J connectivity index is 1.63. The van der Waals surface area contributed by atoms with Crippen molar-refractivity contribution in [3.63, 3.8) is 0 Å². The maximum atomic E-state index is 9.24. The highest BCUT2D eigenvalue weighted by Crippen LogP contribution is 2.27. The Morgan fingerprint density at radius 2 is 1.79 bits per heavy atom. The molecule has 2 rings (SSSR count). The first kappa shape index (κ1) is 14.4. The zero-order chi connectivity index (χ0) is 13.5. The summed E-state index contributed by atoms with van der Waals surface area (Å²) in [6.07, 6.45) is 9.31. The summed E-state index contributed by atoms with van der Waals surface area (Å²) in [5.41, 5.74) is 1.30. The van der Waals surface area contributed by atoms with Crippen molar-refractivity contribution in [1.29, 1.82) is 0 Å². The SMILES string of the molecule is CCCC1CCC(NCCc2ccc(O)cc2)CC1. The largest absolute Gasteiger partial charge is 0.508 e. The zero-order valence-electron chi connectivity index (χ0n) is 12.1. The van der Waals surface area contributed by atoms with Crippen LogP contribution in [0, 0.1) is 5.92 Å². The van der Waals surface area contributed by atoms with Gasteiger partial charge in [-0.25, -0.2) is 0 Å². The molecule has 1 fully saturated rings. The normalized spacial score (nSPS) is 23.4. The molecule has 2 N–H and O–H groups in total. The predicted molar refractivity (Wildman–Crippen MR) is 80.5 cm³/mol. The molecular weight excluding hydrogens is 234 g/mol. The average molecular weight is 261 g/mol. The van der Waals surface area contributed by atoms with E-state index in [9.17, 15) is 5.11 Å². The topological polar surface area (TPSA) is 32.3 Å². The monoisotopic (exact) mass is 261 g/mol. The van der Waals surface area contributed by atoms with Crippen molar-refractivity contribution >= 4 is 0 Å². The van der Waals surface area contributed by atoms with Crippen LogP contribution < -0.4 is 5.32 Å². The van der Waals surface area contributed by atoms with E-state index in [1.54, 1.807) is 12.1 Å². The number of hydrogen-bond donors (Lipinski definition) is 2. The highest BCUT2D eigenvalue weighted by atomic mass is 16.3. The van der Waals surface area contributed by atoms with Crippen LogP contribution in [0.1, 0.15) is 51.0 Å². The van der Waals surface area contributed by atoms with Crippen LogP contribution in [0.2, 0.25) is 0 Å². The number of nitrogens with one attached hydrogen (secondary N) is 1. The number of rotatable bonds is 6. The standard InChI is InChI=1S/C17H27NO/c1-2-3-14-4-8-16(9-5-14)18-13-12-15-6-10-17(19)11-7-15/h6-7,10-11,14,16,18-19H,2-5,8-9,12-13H2,1H3. The molecule has 1 aliphatic carbocycles. The molecule has 106 valence electrons. The van der Waals surface area contributed by atoms with Crippen molar-refractivity contribution in [2.75, 3.05) is 6.54 Å². The lowest BCUT2D eigenvalue weighted by Gasteiger charge is -2.29. The lowest BCUT2D eigenvalue weighted by atomic mass is 9.83. The lowest BCUT2D eigenvalue weighted by molar-refractivity contribution is 0.279. The number of benzene rings is 1. The van der Waals surface area contributed by atoms with E-state index in [1.165, 1.54) is 44.1 Å². The number of aromatic hydroxyl groups is 1. The van der Waals surface area contributed by atoms with Gasteiger partial charge in [0, 0.05) is 6.04 Å². The van der Waals surface area contributed by atoms with Crippen LogP contribution in [0.25, 0.3) is 0 Å². The molecule has 1 saturated carbocycles. The van der Waals surface area contributed by atoms with Gasteiger partial charge in [-0.15, -0.1) is 0 Å². The molecule has 1 aromatic rings. The summed E-state index contributed by atoms with van der Waals surface area (Å²) in [5, 5.41) is 12.9. The Hall–Kier alpha value is -1.02. The molecule has 0 saturated heterocycles. The van der Waals surface area contributed by atoms with E-state index >= 15 is 0 Å². The highest BCUT2D eigenvalue weighted by Gasteiger charge is 2.19. The second-order valence-electron chi connectivity index (χ2n) is 5.88.